The summed E-state index contributed by atoms with van der Waals surface area (Å²) in [6.45, 7) is 2.47. The highest BCUT2D eigenvalue weighted by Gasteiger charge is 2.47. The van der Waals surface area contributed by atoms with Crippen LogP contribution in [0.25, 0.3) is 0 Å². The van der Waals surface area contributed by atoms with E-state index >= 15 is 0 Å². The van der Waals surface area contributed by atoms with Gasteiger partial charge in [0, 0.05) is 35.0 Å². The molecule has 2 aliphatic rings. The summed E-state index contributed by atoms with van der Waals surface area (Å²) < 4.78 is 11.3. The third-order valence-electron chi connectivity index (χ3n) is 4.22. The smallest absolute Gasteiger partial charge is 0.0498 e. The molecule has 1 aromatic rings. The van der Waals surface area contributed by atoms with Gasteiger partial charge in [0.15, 0.2) is 0 Å². The van der Waals surface area contributed by atoms with E-state index in [9.17, 15) is 4.21 Å². The standard InChI is InChI=1S/C14H19NOS/c1-17(16)13-4-2-11(3-5-13)6-12-7-14(8-12)9-15-10-14/h2-5,12,15H,6-10H2,1H3. The molecule has 1 heterocycles. The molecule has 2 fully saturated rings. The van der Waals surface area contributed by atoms with Gasteiger partial charge in [-0.1, -0.05) is 12.1 Å². The van der Waals surface area contributed by atoms with Crippen LogP contribution in [0.1, 0.15) is 18.4 Å². The third kappa shape index (κ3) is 2.18. The van der Waals surface area contributed by atoms with Crippen molar-refractivity contribution in [3.05, 3.63) is 29.8 Å². The summed E-state index contributed by atoms with van der Waals surface area (Å²) >= 11 is 0. The molecule has 3 rings (SSSR count). The summed E-state index contributed by atoms with van der Waals surface area (Å²) in [5, 5.41) is 3.37. The van der Waals surface area contributed by atoms with Crippen LogP contribution < -0.4 is 5.32 Å². The van der Waals surface area contributed by atoms with E-state index in [1.807, 2.05) is 12.1 Å². The van der Waals surface area contributed by atoms with Crippen molar-refractivity contribution in [3.8, 4) is 0 Å². The molecule has 1 spiro atoms. The van der Waals surface area contributed by atoms with Crippen molar-refractivity contribution in [1.29, 1.82) is 0 Å². The number of nitrogens with one attached hydrogen (secondary N) is 1. The van der Waals surface area contributed by atoms with Crippen LogP contribution in [0.5, 0.6) is 0 Å². The largest absolute Gasteiger partial charge is 0.316 e. The lowest BCUT2D eigenvalue weighted by Crippen LogP contribution is -2.60. The number of hydrogen-bond acceptors (Lipinski definition) is 2. The molecule has 92 valence electrons. The lowest BCUT2D eigenvalue weighted by Gasteiger charge is -2.54. The minimum absolute atomic E-state index is 0.676. The summed E-state index contributed by atoms with van der Waals surface area (Å²) in [5.74, 6) is 0.870. The predicted octanol–water partition coefficient (Wildman–Crippen LogP) is 1.97. The van der Waals surface area contributed by atoms with Gasteiger partial charge >= 0.3 is 0 Å². The fourth-order valence-electron chi connectivity index (χ4n) is 3.23. The third-order valence-corrected chi connectivity index (χ3v) is 5.16. The fraction of sp³-hybridized carbons (Fsp3) is 0.571. The molecule has 0 amide bonds. The maximum Gasteiger partial charge on any atom is 0.0498 e. The molecular formula is C14H19NOS. The summed E-state index contributed by atoms with van der Waals surface area (Å²) in [4.78, 5) is 0.932. The van der Waals surface area contributed by atoms with Crippen molar-refractivity contribution in [2.24, 2.45) is 11.3 Å². The number of hydrogen-bond donors (Lipinski definition) is 1. The fourth-order valence-corrected chi connectivity index (χ4v) is 3.75. The minimum atomic E-state index is -0.851. The molecule has 17 heavy (non-hydrogen) atoms. The molecular weight excluding hydrogens is 230 g/mol. The molecule has 1 atom stereocenters. The second kappa shape index (κ2) is 4.21. The highest BCUT2D eigenvalue weighted by Crippen LogP contribution is 2.49. The van der Waals surface area contributed by atoms with Crippen molar-refractivity contribution in [2.45, 2.75) is 24.2 Å². The number of rotatable bonds is 3. The average Bonchev–Trinajstić information content (AvgIpc) is 2.20. The summed E-state index contributed by atoms with van der Waals surface area (Å²) in [7, 11) is -0.851. The first-order valence-corrected chi connectivity index (χ1v) is 7.86. The van der Waals surface area contributed by atoms with E-state index in [-0.39, 0.29) is 0 Å². The van der Waals surface area contributed by atoms with Crippen LogP contribution in [-0.2, 0) is 17.2 Å². The molecule has 1 unspecified atom stereocenters. The van der Waals surface area contributed by atoms with Gasteiger partial charge in [-0.15, -0.1) is 0 Å². The Balaban J connectivity index is 1.57. The second-order valence-corrected chi connectivity index (χ2v) is 7.06. The van der Waals surface area contributed by atoms with Crippen molar-refractivity contribution in [2.75, 3.05) is 19.3 Å². The zero-order valence-electron chi connectivity index (χ0n) is 10.2. The minimum Gasteiger partial charge on any atom is -0.316 e. The Morgan fingerprint density at radius 1 is 1.29 bits per heavy atom. The van der Waals surface area contributed by atoms with Gasteiger partial charge in [-0.3, -0.25) is 4.21 Å². The van der Waals surface area contributed by atoms with E-state index in [4.69, 9.17) is 0 Å². The van der Waals surface area contributed by atoms with Gasteiger partial charge in [-0.25, -0.2) is 0 Å². The molecule has 2 nitrogen and oxygen atoms in total. The van der Waals surface area contributed by atoms with E-state index in [1.165, 1.54) is 37.9 Å². The van der Waals surface area contributed by atoms with Gasteiger partial charge in [-0.2, -0.15) is 0 Å². The molecule has 1 aromatic carbocycles. The van der Waals surface area contributed by atoms with Crippen molar-refractivity contribution in [1.82, 2.24) is 5.32 Å². The van der Waals surface area contributed by atoms with E-state index in [0.29, 0.717) is 5.41 Å². The molecule has 1 aliphatic heterocycles. The summed E-state index contributed by atoms with van der Waals surface area (Å²) in [6.07, 6.45) is 5.70. The first-order chi connectivity index (χ1) is 8.17. The van der Waals surface area contributed by atoms with Gasteiger partial charge in [0.25, 0.3) is 0 Å². The zero-order valence-corrected chi connectivity index (χ0v) is 11.1. The Morgan fingerprint density at radius 3 is 2.41 bits per heavy atom. The Morgan fingerprint density at radius 2 is 1.94 bits per heavy atom. The summed E-state index contributed by atoms with van der Waals surface area (Å²) in [5.41, 5.74) is 2.07. The van der Waals surface area contributed by atoms with Crippen molar-refractivity contribution < 1.29 is 4.21 Å². The number of benzene rings is 1. The summed E-state index contributed by atoms with van der Waals surface area (Å²) in [6, 6.07) is 8.29. The Hall–Kier alpha value is -0.670. The van der Waals surface area contributed by atoms with E-state index in [2.05, 4.69) is 17.4 Å². The highest BCUT2D eigenvalue weighted by molar-refractivity contribution is 7.84. The second-order valence-electron chi connectivity index (χ2n) is 5.68. The molecule has 1 N–H and O–H groups in total. The normalized spacial score (nSPS) is 24.1. The zero-order chi connectivity index (χ0) is 11.9. The maximum atomic E-state index is 11.3. The molecule has 1 saturated heterocycles. The molecule has 1 saturated carbocycles. The van der Waals surface area contributed by atoms with Crippen LogP contribution >= 0.6 is 0 Å². The Kier molecular flexibility index (Phi) is 2.83. The average molecular weight is 249 g/mol. The van der Waals surface area contributed by atoms with Crippen LogP contribution in [0.4, 0.5) is 0 Å². The van der Waals surface area contributed by atoms with Crippen molar-refractivity contribution in [3.63, 3.8) is 0 Å². The maximum absolute atomic E-state index is 11.3. The lowest BCUT2D eigenvalue weighted by molar-refractivity contribution is 0.000889. The van der Waals surface area contributed by atoms with Gasteiger partial charge in [0.2, 0.25) is 0 Å². The molecule has 1 aliphatic carbocycles. The first-order valence-electron chi connectivity index (χ1n) is 6.30. The van der Waals surface area contributed by atoms with Crippen molar-refractivity contribution >= 4 is 10.8 Å². The van der Waals surface area contributed by atoms with Crippen LogP contribution in [0, 0.1) is 11.3 Å². The molecule has 0 bridgehead atoms. The SMILES string of the molecule is CS(=O)c1ccc(CC2CC3(CNC3)C2)cc1. The van der Waals surface area contributed by atoms with Crippen LogP contribution in [0.15, 0.2) is 29.2 Å². The van der Waals surface area contributed by atoms with Crippen LogP contribution in [-0.4, -0.2) is 23.6 Å². The van der Waals surface area contributed by atoms with Crippen LogP contribution in [0.3, 0.4) is 0 Å². The van der Waals surface area contributed by atoms with Gasteiger partial charge in [0.1, 0.15) is 0 Å². The van der Waals surface area contributed by atoms with E-state index in [0.717, 1.165) is 10.8 Å². The van der Waals surface area contributed by atoms with Gasteiger partial charge in [-0.05, 0) is 48.3 Å². The molecule has 0 aromatic heterocycles. The van der Waals surface area contributed by atoms with E-state index in [1.54, 1.807) is 6.26 Å². The molecule has 3 heteroatoms. The monoisotopic (exact) mass is 249 g/mol. The van der Waals surface area contributed by atoms with Gasteiger partial charge < -0.3 is 5.32 Å². The topological polar surface area (TPSA) is 29.1 Å². The first kappa shape index (κ1) is 11.4. The molecule has 0 radical (unpaired) electrons. The Bertz CT molecular complexity index is 428. The lowest BCUT2D eigenvalue weighted by atomic mass is 9.57. The van der Waals surface area contributed by atoms with E-state index < -0.39 is 10.8 Å². The van der Waals surface area contributed by atoms with Gasteiger partial charge in [0.05, 0.1) is 0 Å². The Labute approximate surface area is 105 Å². The quantitative estimate of drug-likeness (QED) is 0.887. The predicted molar refractivity (Wildman–Crippen MR) is 70.5 cm³/mol. The van der Waals surface area contributed by atoms with Crippen LogP contribution in [0.2, 0.25) is 0 Å². The highest BCUT2D eigenvalue weighted by atomic mass is 32.2.